The summed E-state index contributed by atoms with van der Waals surface area (Å²) in [5.74, 6) is -0.0857. The third-order valence-corrected chi connectivity index (χ3v) is 13.7. The molecule has 3 nitrogen and oxygen atoms in total. The first kappa shape index (κ1) is 31.0. The van der Waals surface area contributed by atoms with Crippen molar-refractivity contribution in [1.29, 1.82) is 0 Å². The van der Waals surface area contributed by atoms with Crippen LogP contribution in [0.1, 0.15) is 107 Å². The van der Waals surface area contributed by atoms with Gasteiger partial charge in [-0.25, -0.2) is 0 Å². The molecule has 3 rings (SSSR count). The maximum atomic E-state index is 13.3. The highest BCUT2D eigenvalue weighted by molar-refractivity contribution is 8.45. The average molecular weight is 580 g/mol. The van der Waals surface area contributed by atoms with Gasteiger partial charge in [0.05, 0.1) is 6.10 Å². The van der Waals surface area contributed by atoms with Gasteiger partial charge in [-0.2, -0.15) is 0 Å². The Morgan fingerprint density at radius 2 is 1.58 bits per heavy atom. The van der Waals surface area contributed by atoms with Crippen LogP contribution in [0.4, 0.5) is 19.4 Å². The van der Waals surface area contributed by atoms with Crippen LogP contribution < -0.4 is 0 Å². The lowest BCUT2D eigenvalue weighted by Gasteiger charge is -2.45. The van der Waals surface area contributed by atoms with E-state index in [0.29, 0.717) is 23.4 Å². The quantitative estimate of drug-likeness (QED) is 0.273. The van der Waals surface area contributed by atoms with Gasteiger partial charge in [0.25, 0.3) is 0 Å². The van der Waals surface area contributed by atoms with E-state index in [1.807, 2.05) is 20.8 Å². The number of hydrogen-bond donors (Lipinski definition) is 1. The predicted octanol–water partition coefficient (Wildman–Crippen LogP) is 10.3. The predicted molar refractivity (Wildman–Crippen MR) is 148 cm³/mol. The van der Waals surface area contributed by atoms with Crippen molar-refractivity contribution in [2.75, 3.05) is 0 Å². The molecule has 1 heterocycles. The van der Waals surface area contributed by atoms with Crippen molar-refractivity contribution in [3.63, 3.8) is 0 Å². The van der Waals surface area contributed by atoms with Crippen molar-refractivity contribution < 1.29 is 29.0 Å². The van der Waals surface area contributed by atoms with Crippen LogP contribution in [0.5, 0.6) is 0 Å². The summed E-state index contributed by atoms with van der Waals surface area (Å²) >= 11 is 0. The Bertz CT molecular complexity index is 1220. The molecule has 1 aromatic carbocycles. The molecule has 1 aliphatic rings. The highest BCUT2D eigenvalue weighted by Gasteiger charge is 2.65. The van der Waals surface area contributed by atoms with Crippen LogP contribution in [0.2, 0.25) is 18.1 Å². The lowest BCUT2D eigenvalue weighted by molar-refractivity contribution is 0.105. The standard InChI is InChI=1S/C28H42F5NO2SSi/c1-17(2)25-24(26(35)19-11-13-20(14-12-19)37(29,30,31,32)33)18(3)23-21(34-25)15-28(7,8)16-22(23)36-38(9,10)27(4,5)6/h11-14,17,22,26,35H,15-16H2,1-10H3. The number of aliphatic hydroxyl groups excluding tert-OH is 1. The van der Waals surface area contributed by atoms with Crippen LogP contribution in [0.25, 0.3) is 0 Å². The molecule has 0 bridgehead atoms. The van der Waals surface area contributed by atoms with Gasteiger partial charge in [-0.1, -0.05) is 80.0 Å². The third-order valence-electron chi connectivity index (χ3n) is 8.06. The fraction of sp³-hybridized carbons (Fsp3) is 0.607. The molecule has 0 radical (unpaired) electrons. The van der Waals surface area contributed by atoms with E-state index in [1.54, 1.807) is 0 Å². The molecule has 1 N–H and O–H groups in total. The maximum absolute atomic E-state index is 13.3. The second kappa shape index (κ2) is 8.75. The van der Waals surface area contributed by atoms with Gasteiger partial charge in [-0.15, -0.1) is 0 Å². The molecule has 10 heteroatoms. The Balaban J connectivity index is 2.20. The summed E-state index contributed by atoms with van der Waals surface area (Å²) in [4.78, 5) is 3.04. The second-order valence-electron chi connectivity index (χ2n) is 13.4. The molecule has 0 aliphatic heterocycles. The molecule has 2 atom stereocenters. The monoisotopic (exact) mass is 579 g/mol. The molecule has 0 spiro atoms. The number of fused-ring (bicyclic) bond motifs is 1. The van der Waals surface area contributed by atoms with E-state index in [-0.39, 0.29) is 28.0 Å². The summed E-state index contributed by atoms with van der Waals surface area (Å²) in [6.07, 6.45) is -0.0783. The molecule has 216 valence electrons. The van der Waals surface area contributed by atoms with Gasteiger partial charge in [-0.05, 0) is 72.5 Å². The number of aliphatic hydroxyl groups is 1. The number of hydrogen-bond acceptors (Lipinski definition) is 3. The van der Waals surface area contributed by atoms with Gasteiger partial charge in [0.1, 0.15) is 11.0 Å². The summed E-state index contributed by atoms with van der Waals surface area (Å²) in [6, 6.07) is 2.55. The van der Waals surface area contributed by atoms with Crippen LogP contribution in [-0.4, -0.2) is 18.4 Å². The molecular formula is C28H42F5NO2SSi. The van der Waals surface area contributed by atoms with Gasteiger partial charge in [0.2, 0.25) is 0 Å². The van der Waals surface area contributed by atoms with Crippen molar-refractivity contribution in [3.05, 3.63) is 57.9 Å². The summed E-state index contributed by atoms with van der Waals surface area (Å²) < 4.78 is 73.3. The largest absolute Gasteiger partial charge is 0.410 e. The Kier molecular flexibility index (Phi) is 7.15. The van der Waals surface area contributed by atoms with Crippen molar-refractivity contribution in [2.24, 2.45) is 5.41 Å². The first-order valence-corrected chi connectivity index (χ1v) is 17.8. The van der Waals surface area contributed by atoms with Crippen LogP contribution >= 0.6 is 10.2 Å². The SMILES string of the molecule is Cc1c2c(nc(C(C)C)c1C(O)c1ccc(S(F)(F)(F)(F)F)cc1)CC(C)(C)CC2O[Si](C)(C)C(C)(C)C. The molecule has 0 amide bonds. The normalized spacial score (nSPS) is 21.0. The second-order valence-corrected chi connectivity index (χ2v) is 20.6. The molecular weight excluding hydrogens is 537 g/mol. The van der Waals surface area contributed by atoms with E-state index in [1.165, 1.54) is 0 Å². The van der Waals surface area contributed by atoms with Gasteiger partial charge in [0, 0.05) is 22.5 Å². The Morgan fingerprint density at radius 1 is 1.05 bits per heavy atom. The number of rotatable bonds is 6. The fourth-order valence-electron chi connectivity index (χ4n) is 5.00. The van der Waals surface area contributed by atoms with E-state index in [0.717, 1.165) is 41.8 Å². The van der Waals surface area contributed by atoms with Crippen LogP contribution in [-0.2, 0) is 10.8 Å². The van der Waals surface area contributed by atoms with E-state index in [4.69, 9.17) is 9.41 Å². The number of pyridine rings is 1. The molecule has 0 fully saturated rings. The molecule has 2 aromatic rings. The van der Waals surface area contributed by atoms with E-state index in [2.05, 4.69) is 47.7 Å². The number of aromatic nitrogens is 1. The van der Waals surface area contributed by atoms with Gasteiger partial charge < -0.3 is 9.53 Å². The molecule has 1 aromatic heterocycles. The zero-order chi connectivity index (χ0) is 29.3. The van der Waals surface area contributed by atoms with Crippen molar-refractivity contribution in [1.82, 2.24) is 4.98 Å². The first-order valence-electron chi connectivity index (χ1n) is 13.0. The zero-order valence-electron chi connectivity index (χ0n) is 24.1. The van der Waals surface area contributed by atoms with Crippen LogP contribution in [0, 0.1) is 12.3 Å². The average Bonchev–Trinajstić information content (AvgIpc) is 2.69. The topological polar surface area (TPSA) is 42.4 Å². The number of nitrogens with zero attached hydrogens (tertiary/aromatic N) is 1. The minimum atomic E-state index is -9.81. The van der Waals surface area contributed by atoms with Gasteiger partial charge in [0.15, 0.2) is 8.32 Å². The van der Waals surface area contributed by atoms with Gasteiger partial charge in [-0.3, -0.25) is 4.98 Å². The Hall–Kier alpha value is -1.49. The summed E-state index contributed by atoms with van der Waals surface area (Å²) in [5, 5.41) is 11.4. The Labute approximate surface area is 225 Å². The fourth-order valence-corrected chi connectivity index (χ4v) is 6.92. The van der Waals surface area contributed by atoms with Crippen LogP contribution in [0.3, 0.4) is 0 Å². The van der Waals surface area contributed by atoms with E-state index < -0.39 is 29.5 Å². The molecule has 1 aliphatic carbocycles. The van der Waals surface area contributed by atoms with E-state index in [9.17, 15) is 24.5 Å². The van der Waals surface area contributed by atoms with Crippen LogP contribution in [0.15, 0.2) is 29.2 Å². The van der Waals surface area contributed by atoms with E-state index >= 15 is 0 Å². The minimum Gasteiger partial charge on any atom is -0.410 e. The number of halogens is 5. The maximum Gasteiger partial charge on any atom is 0.310 e. The summed E-state index contributed by atoms with van der Waals surface area (Å²) in [6.45, 7) is 21.1. The highest BCUT2D eigenvalue weighted by Crippen LogP contribution is 3.02. The zero-order valence-corrected chi connectivity index (χ0v) is 25.9. The third kappa shape index (κ3) is 6.29. The molecule has 38 heavy (non-hydrogen) atoms. The van der Waals surface area contributed by atoms with Gasteiger partial charge >= 0.3 is 10.2 Å². The minimum absolute atomic E-state index is 0.0269. The highest BCUT2D eigenvalue weighted by atomic mass is 32.5. The first-order chi connectivity index (χ1) is 16.7. The summed E-state index contributed by atoms with van der Waals surface area (Å²) in [5.41, 5.74) is 3.82. The van der Waals surface area contributed by atoms with Crippen molar-refractivity contribution in [2.45, 2.75) is 109 Å². The van der Waals surface area contributed by atoms with Crippen molar-refractivity contribution in [3.8, 4) is 0 Å². The Morgan fingerprint density at radius 3 is 2.03 bits per heavy atom. The molecule has 0 saturated heterocycles. The lowest BCUT2D eigenvalue weighted by Crippen LogP contribution is -2.44. The molecule has 0 saturated carbocycles. The summed E-state index contributed by atoms with van der Waals surface area (Å²) in [7, 11) is -12.0. The number of benzene rings is 1. The smallest absolute Gasteiger partial charge is 0.310 e. The molecule has 2 unspecified atom stereocenters. The lowest BCUT2D eigenvalue weighted by atomic mass is 9.72. The van der Waals surface area contributed by atoms with Crippen molar-refractivity contribution >= 4 is 18.5 Å².